The van der Waals surface area contributed by atoms with Crippen LogP contribution in [-0.2, 0) is 0 Å². The minimum absolute atomic E-state index is 0.340. The molecule has 0 bridgehead atoms. The number of aromatic nitrogens is 1. The first kappa shape index (κ1) is 9.84. The van der Waals surface area contributed by atoms with E-state index in [4.69, 9.17) is 5.11 Å². The molecule has 1 aromatic rings. The number of hydrogen-bond donors (Lipinski definition) is 2. The molecule has 0 amide bonds. The van der Waals surface area contributed by atoms with Gasteiger partial charge in [-0.1, -0.05) is 13.8 Å². The van der Waals surface area contributed by atoms with Crippen molar-refractivity contribution < 1.29 is 9.90 Å². The van der Waals surface area contributed by atoms with Gasteiger partial charge in [-0.3, -0.25) is 0 Å². The first-order valence-electron chi connectivity index (χ1n) is 4.37. The Morgan fingerprint density at radius 2 is 1.92 bits per heavy atom. The Bertz CT molecular complexity index is 337. The summed E-state index contributed by atoms with van der Waals surface area (Å²) in [6, 6.07) is 0. The van der Waals surface area contributed by atoms with Gasteiger partial charge in [0.25, 0.3) is 0 Å². The second kappa shape index (κ2) is 3.24. The van der Waals surface area contributed by atoms with E-state index < -0.39 is 5.97 Å². The summed E-state index contributed by atoms with van der Waals surface area (Å²) in [5.74, 6) is -0.509. The SMILES string of the molecule is Cc1[nH]c(C(C)C)c(C)c1C(=O)O. The van der Waals surface area contributed by atoms with Crippen molar-refractivity contribution in [1.29, 1.82) is 0 Å². The molecule has 3 heteroatoms. The van der Waals surface area contributed by atoms with Gasteiger partial charge in [0, 0.05) is 11.4 Å². The van der Waals surface area contributed by atoms with Crippen LogP contribution in [0.25, 0.3) is 0 Å². The van der Waals surface area contributed by atoms with Crippen molar-refractivity contribution in [3.8, 4) is 0 Å². The normalized spacial score (nSPS) is 10.8. The number of hydrogen-bond acceptors (Lipinski definition) is 1. The zero-order valence-corrected chi connectivity index (χ0v) is 8.43. The van der Waals surface area contributed by atoms with Crippen molar-refractivity contribution in [2.45, 2.75) is 33.6 Å². The van der Waals surface area contributed by atoms with Crippen LogP contribution in [0.15, 0.2) is 0 Å². The molecule has 0 unspecified atom stereocenters. The van der Waals surface area contributed by atoms with E-state index in [1.54, 1.807) is 6.92 Å². The van der Waals surface area contributed by atoms with Crippen LogP contribution in [0, 0.1) is 13.8 Å². The maximum Gasteiger partial charge on any atom is 0.337 e. The second-order valence-electron chi connectivity index (χ2n) is 3.62. The Morgan fingerprint density at radius 3 is 2.15 bits per heavy atom. The Labute approximate surface area is 77.8 Å². The Hall–Kier alpha value is -1.25. The van der Waals surface area contributed by atoms with Gasteiger partial charge in [0.15, 0.2) is 0 Å². The first-order chi connectivity index (χ1) is 5.95. The molecule has 0 radical (unpaired) electrons. The summed E-state index contributed by atoms with van der Waals surface area (Å²) >= 11 is 0. The van der Waals surface area contributed by atoms with E-state index in [2.05, 4.69) is 4.98 Å². The van der Waals surface area contributed by atoms with E-state index in [0.29, 0.717) is 11.5 Å². The van der Waals surface area contributed by atoms with E-state index in [1.807, 2.05) is 20.8 Å². The molecule has 2 N–H and O–H groups in total. The summed E-state index contributed by atoms with van der Waals surface area (Å²) in [6.45, 7) is 7.73. The summed E-state index contributed by atoms with van der Waals surface area (Å²) < 4.78 is 0. The van der Waals surface area contributed by atoms with Crippen LogP contribution in [0.4, 0.5) is 0 Å². The third-order valence-electron chi connectivity index (χ3n) is 2.27. The smallest absolute Gasteiger partial charge is 0.337 e. The highest BCUT2D eigenvalue weighted by molar-refractivity contribution is 5.91. The van der Waals surface area contributed by atoms with Crippen LogP contribution in [0.1, 0.15) is 47.1 Å². The zero-order valence-electron chi connectivity index (χ0n) is 8.43. The van der Waals surface area contributed by atoms with Crippen LogP contribution >= 0.6 is 0 Å². The highest BCUT2D eigenvalue weighted by atomic mass is 16.4. The van der Waals surface area contributed by atoms with Crippen molar-refractivity contribution in [3.63, 3.8) is 0 Å². The van der Waals surface area contributed by atoms with E-state index in [1.165, 1.54) is 0 Å². The highest BCUT2D eigenvalue weighted by Gasteiger charge is 2.18. The fraction of sp³-hybridized carbons (Fsp3) is 0.500. The quantitative estimate of drug-likeness (QED) is 0.736. The number of aromatic carboxylic acids is 1. The predicted molar refractivity (Wildman–Crippen MR) is 51.3 cm³/mol. The molecule has 0 spiro atoms. The maximum absolute atomic E-state index is 10.9. The molecule has 0 saturated heterocycles. The Balaban J connectivity index is 3.30. The van der Waals surface area contributed by atoms with Gasteiger partial charge in [0.1, 0.15) is 0 Å². The standard InChI is InChI=1S/C10H15NO2/c1-5(2)9-6(3)8(10(12)13)7(4)11-9/h5,11H,1-4H3,(H,12,13). The van der Waals surface area contributed by atoms with E-state index >= 15 is 0 Å². The number of aromatic amines is 1. The average molecular weight is 181 g/mol. The summed E-state index contributed by atoms with van der Waals surface area (Å²) in [6.07, 6.45) is 0. The number of aryl methyl sites for hydroxylation is 1. The summed E-state index contributed by atoms with van der Waals surface area (Å²) in [4.78, 5) is 14.0. The lowest BCUT2D eigenvalue weighted by Crippen LogP contribution is -1.99. The Kier molecular flexibility index (Phi) is 2.45. The lowest BCUT2D eigenvalue weighted by atomic mass is 10.0. The van der Waals surface area contributed by atoms with Gasteiger partial charge in [-0.2, -0.15) is 0 Å². The van der Waals surface area contributed by atoms with Gasteiger partial charge in [0.2, 0.25) is 0 Å². The lowest BCUT2D eigenvalue weighted by molar-refractivity contribution is 0.0695. The Morgan fingerprint density at radius 1 is 1.38 bits per heavy atom. The number of nitrogens with one attached hydrogen (secondary N) is 1. The van der Waals surface area contributed by atoms with Gasteiger partial charge >= 0.3 is 5.97 Å². The monoisotopic (exact) mass is 181 g/mol. The van der Waals surface area contributed by atoms with Crippen LogP contribution in [0.5, 0.6) is 0 Å². The van der Waals surface area contributed by atoms with Crippen LogP contribution < -0.4 is 0 Å². The van der Waals surface area contributed by atoms with Crippen molar-refractivity contribution in [3.05, 3.63) is 22.5 Å². The summed E-state index contributed by atoms with van der Waals surface area (Å²) in [5, 5.41) is 8.92. The molecule has 3 nitrogen and oxygen atoms in total. The first-order valence-corrected chi connectivity index (χ1v) is 4.37. The molecule has 0 saturated carbocycles. The molecule has 0 atom stereocenters. The van der Waals surface area contributed by atoms with Gasteiger partial charge in [-0.05, 0) is 25.3 Å². The summed E-state index contributed by atoms with van der Waals surface area (Å²) in [5.41, 5.74) is 3.05. The van der Waals surface area contributed by atoms with Crippen molar-refractivity contribution >= 4 is 5.97 Å². The molecule has 72 valence electrons. The van der Waals surface area contributed by atoms with E-state index in [9.17, 15) is 4.79 Å². The lowest BCUT2D eigenvalue weighted by Gasteiger charge is -2.02. The topological polar surface area (TPSA) is 53.1 Å². The van der Waals surface area contributed by atoms with Gasteiger partial charge in [-0.15, -0.1) is 0 Å². The molecule has 0 aromatic carbocycles. The fourth-order valence-electron chi connectivity index (χ4n) is 1.67. The van der Waals surface area contributed by atoms with Gasteiger partial charge in [-0.25, -0.2) is 4.79 Å². The molecule has 0 aliphatic heterocycles. The van der Waals surface area contributed by atoms with E-state index in [-0.39, 0.29) is 0 Å². The maximum atomic E-state index is 10.9. The molecular weight excluding hydrogens is 166 g/mol. The number of carboxylic acids is 1. The highest BCUT2D eigenvalue weighted by Crippen LogP contribution is 2.23. The minimum Gasteiger partial charge on any atom is -0.478 e. The number of H-pyrrole nitrogens is 1. The van der Waals surface area contributed by atoms with Crippen LogP contribution in [0.2, 0.25) is 0 Å². The minimum atomic E-state index is -0.849. The van der Waals surface area contributed by atoms with Crippen LogP contribution in [0.3, 0.4) is 0 Å². The number of rotatable bonds is 2. The third-order valence-corrected chi connectivity index (χ3v) is 2.27. The number of carbonyl (C=O) groups is 1. The molecule has 1 rings (SSSR count). The molecule has 13 heavy (non-hydrogen) atoms. The summed E-state index contributed by atoms with van der Waals surface area (Å²) in [7, 11) is 0. The molecule has 0 aliphatic carbocycles. The zero-order chi connectivity index (χ0) is 10.2. The molecule has 1 heterocycles. The fourth-order valence-corrected chi connectivity index (χ4v) is 1.67. The van der Waals surface area contributed by atoms with Crippen LogP contribution in [-0.4, -0.2) is 16.1 Å². The molecule has 1 aromatic heterocycles. The third kappa shape index (κ3) is 1.59. The second-order valence-corrected chi connectivity index (χ2v) is 3.62. The van der Waals surface area contributed by atoms with Crippen molar-refractivity contribution in [2.75, 3.05) is 0 Å². The van der Waals surface area contributed by atoms with E-state index in [0.717, 1.165) is 17.0 Å². The molecule has 0 fully saturated rings. The molecular formula is C10H15NO2. The average Bonchev–Trinajstić information content (AvgIpc) is 2.26. The molecule has 0 aliphatic rings. The van der Waals surface area contributed by atoms with Gasteiger partial charge in [0.05, 0.1) is 5.56 Å². The predicted octanol–water partition coefficient (Wildman–Crippen LogP) is 2.45. The van der Waals surface area contributed by atoms with Gasteiger partial charge < -0.3 is 10.1 Å². The van der Waals surface area contributed by atoms with Crippen molar-refractivity contribution in [2.24, 2.45) is 0 Å². The number of carboxylic acid groups (broad SMARTS) is 1. The van der Waals surface area contributed by atoms with Crippen molar-refractivity contribution in [1.82, 2.24) is 4.98 Å². The largest absolute Gasteiger partial charge is 0.478 e.